The highest BCUT2D eigenvalue weighted by Gasteiger charge is 2.23. The maximum Gasteiger partial charge on any atom is 0.213 e. The predicted molar refractivity (Wildman–Crippen MR) is 114 cm³/mol. The highest BCUT2D eigenvalue weighted by molar-refractivity contribution is 5.82. The molecule has 0 saturated carbocycles. The van der Waals surface area contributed by atoms with Crippen LogP contribution in [-0.4, -0.2) is 15.0 Å². The van der Waals surface area contributed by atoms with E-state index in [4.69, 9.17) is 0 Å². The lowest BCUT2D eigenvalue weighted by Gasteiger charge is -2.10. The van der Waals surface area contributed by atoms with Crippen LogP contribution in [0.5, 0.6) is 0 Å². The van der Waals surface area contributed by atoms with Gasteiger partial charge in [0.2, 0.25) is 5.69 Å². The molecule has 29 heavy (non-hydrogen) atoms. The van der Waals surface area contributed by atoms with Crippen molar-refractivity contribution in [2.24, 2.45) is 7.05 Å². The van der Waals surface area contributed by atoms with Crippen LogP contribution in [0.1, 0.15) is 28.3 Å². The fourth-order valence-corrected chi connectivity index (χ4v) is 4.30. The van der Waals surface area contributed by atoms with Crippen LogP contribution in [0.4, 0.5) is 0 Å². The highest BCUT2D eigenvalue weighted by atomic mass is 15.0. The smallest absolute Gasteiger partial charge is 0.213 e. The van der Waals surface area contributed by atoms with Crippen LogP contribution < -0.4 is 4.57 Å². The monoisotopic (exact) mass is 379 g/mol. The Morgan fingerprint density at radius 2 is 1.52 bits per heavy atom. The molecule has 0 fully saturated rings. The van der Waals surface area contributed by atoms with E-state index in [1.807, 2.05) is 13.8 Å². The van der Waals surface area contributed by atoms with Gasteiger partial charge in [-0.1, -0.05) is 30.3 Å². The molecule has 0 N–H and O–H groups in total. The molecule has 0 saturated heterocycles. The summed E-state index contributed by atoms with van der Waals surface area (Å²) in [6.45, 7) is 6.01. The van der Waals surface area contributed by atoms with Gasteiger partial charge in [0.05, 0.1) is 0 Å². The molecule has 0 unspecified atom stereocenters. The van der Waals surface area contributed by atoms with E-state index in [0.717, 1.165) is 35.2 Å². The van der Waals surface area contributed by atoms with Gasteiger partial charge in [-0.3, -0.25) is 0 Å². The molecule has 1 aliphatic carbocycles. The first-order valence-electron chi connectivity index (χ1n) is 9.91. The first-order valence-corrected chi connectivity index (χ1v) is 9.91. The van der Waals surface area contributed by atoms with Crippen molar-refractivity contribution in [2.75, 3.05) is 0 Å². The molecule has 0 radical (unpaired) electrons. The molecule has 0 bridgehead atoms. The van der Waals surface area contributed by atoms with Gasteiger partial charge < -0.3 is 0 Å². The van der Waals surface area contributed by atoms with Crippen LogP contribution in [0.3, 0.4) is 0 Å². The number of hydrogen-bond donors (Lipinski definition) is 0. The number of pyridine rings is 1. The molecular weight excluding hydrogens is 356 g/mol. The van der Waals surface area contributed by atoms with Crippen LogP contribution in [-0.2, 0) is 13.5 Å². The van der Waals surface area contributed by atoms with E-state index in [9.17, 15) is 0 Å². The van der Waals surface area contributed by atoms with Crippen molar-refractivity contribution in [3.05, 3.63) is 83.1 Å². The third-order valence-corrected chi connectivity index (χ3v) is 5.68. The molecule has 0 spiro atoms. The zero-order valence-corrected chi connectivity index (χ0v) is 17.2. The van der Waals surface area contributed by atoms with E-state index in [1.54, 1.807) is 0 Å². The highest BCUT2D eigenvalue weighted by Crippen LogP contribution is 2.40. The first kappa shape index (κ1) is 17.7. The van der Waals surface area contributed by atoms with Crippen LogP contribution in [0.15, 0.2) is 54.7 Å². The Balaban J connectivity index is 1.67. The van der Waals surface area contributed by atoms with E-state index in [1.165, 1.54) is 33.4 Å². The summed E-state index contributed by atoms with van der Waals surface area (Å²) in [5.41, 5.74) is 10.2. The molecule has 0 aliphatic heterocycles. The van der Waals surface area contributed by atoms with Gasteiger partial charge in [-0.25, -0.2) is 19.5 Å². The Kier molecular flexibility index (Phi) is 4.02. The van der Waals surface area contributed by atoms with Gasteiger partial charge in [-0.15, -0.1) is 0 Å². The van der Waals surface area contributed by atoms with Crippen LogP contribution >= 0.6 is 0 Å². The summed E-state index contributed by atoms with van der Waals surface area (Å²) < 4.78 is 2.17. The summed E-state index contributed by atoms with van der Waals surface area (Å²) in [5, 5.41) is 0. The molecule has 4 nitrogen and oxygen atoms in total. The second-order valence-corrected chi connectivity index (χ2v) is 7.82. The lowest BCUT2D eigenvalue weighted by Crippen LogP contribution is -2.30. The molecule has 2 aromatic carbocycles. The molecule has 2 heterocycles. The molecule has 142 valence electrons. The zero-order valence-electron chi connectivity index (χ0n) is 17.2. The number of aryl methyl sites for hydroxylation is 4. The van der Waals surface area contributed by atoms with E-state index in [0.29, 0.717) is 0 Å². The van der Waals surface area contributed by atoms with Gasteiger partial charge >= 0.3 is 0 Å². The topological polar surface area (TPSA) is 42.5 Å². The Bertz CT molecular complexity index is 1250. The first-order chi connectivity index (χ1) is 14.0. The van der Waals surface area contributed by atoms with Gasteiger partial charge in [-0.05, 0) is 61.1 Å². The number of fused-ring (bicyclic) bond motifs is 3. The summed E-state index contributed by atoms with van der Waals surface area (Å²) in [5.74, 6) is 2.21. The van der Waals surface area contributed by atoms with E-state index in [2.05, 4.69) is 88.2 Å². The molecule has 0 atom stereocenters. The normalized spacial score (nSPS) is 12.0. The standard InChI is InChI=1S/C25H23N4/c1-15-11-20-12-18-7-5-6-8-21(18)23(20)14-22(15)24-13-19(9-10-29(24)4)25-27-16(2)26-17(3)28-25/h5-11,13-14H,12H2,1-4H3/q+1. The van der Waals surface area contributed by atoms with Gasteiger partial charge in [-0.2, -0.15) is 0 Å². The van der Waals surface area contributed by atoms with Crippen LogP contribution in [0, 0.1) is 20.8 Å². The molecule has 1 aliphatic rings. The Morgan fingerprint density at radius 1 is 0.759 bits per heavy atom. The van der Waals surface area contributed by atoms with Crippen molar-refractivity contribution in [3.8, 4) is 33.8 Å². The maximum atomic E-state index is 4.55. The van der Waals surface area contributed by atoms with Crippen molar-refractivity contribution in [3.63, 3.8) is 0 Å². The summed E-state index contributed by atoms with van der Waals surface area (Å²) in [4.78, 5) is 13.4. The zero-order chi connectivity index (χ0) is 20.1. The van der Waals surface area contributed by atoms with Gasteiger partial charge in [0, 0.05) is 23.3 Å². The van der Waals surface area contributed by atoms with Crippen molar-refractivity contribution in [2.45, 2.75) is 27.2 Å². The molecular formula is C25H23N4+. The minimum atomic E-state index is 0.723. The molecule has 5 rings (SSSR count). The average Bonchev–Trinajstić information content (AvgIpc) is 3.04. The van der Waals surface area contributed by atoms with Crippen molar-refractivity contribution < 1.29 is 4.57 Å². The predicted octanol–water partition coefficient (Wildman–Crippen LogP) is 4.53. The summed E-state index contributed by atoms with van der Waals surface area (Å²) in [6, 6.07) is 17.7. The Morgan fingerprint density at radius 3 is 2.31 bits per heavy atom. The lowest BCUT2D eigenvalue weighted by atomic mass is 9.96. The Hall–Kier alpha value is -3.40. The van der Waals surface area contributed by atoms with Crippen molar-refractivity contribution >= 4 is 0 Å². The summed E-state index contributed by atoms with van der Waals surface area (Å²) in [7, 11) is 2.09. The van der Waals surface area contributed by atoms with E-state index >= 15 is 0 Å². The molecule has 2 aromatic heterocycles. The lowest BCUT2D eigenvalue weighted by molar-refractivity contribution is -0.660. The quantitative estimate of drug-likeness (QED) is 0.423. The fourth-order valence-electron chi connectivity index (χ4n) is 4.30. The molecule has 4 aromatic rings. The van der Waals surface area contributed by atoms with Crippen molar-refractivity contribution in [1.29, 1.82) is 0 Å². The third-order valence-electron chi connectivity index (χ3n) is 5.68. The van der Waals surface area contributed by atoms with Gasteiger partial charge in [0.25, 0.3) is 0 Å². The van der Waals surface area contributed by atoms with E-state index in [-0.39, 0.29) is 0 Å². The number of nitrogens with zero attached hydrogens (tertiary/aromatic N) is 4. The molecule has 0 amide bonds. The minimum Gasteiger partial charge on any atom is -0.219 e. The third kappa shape index (κ3) is 3.01. The number of benzene rings is 2. The largest absolute Gasteiger partial charge is 0.219 e. The fraction of sp³-hybridized carbons (Fsp3) is 0.200. The number of rotatable bonds is 2. The summed E-state index contributed by atoms with van der Waals surface area (Å²) in [6.07, 6.45) is 3.10. The van der Waals surface area contributed by atoms with E-state index < -0.39 is 0 Å². The Labute approximate surface area is 171 Å². The van der Waals surface area contributed by atoms with Gasteiger partial charge in [0.15, 0.2) is 12.0 Å². The average molecular weight is 379 g/mol. The summed E-state index contributed by atoms with van der Waals surface area (Å²) >= 11 is 0. The van der Waals surface area contributed by atoms with Crippen LogP contribution in [0.2, 0.25) is 0 Å². The SMILES string of the molecule is Cc1nc(C)nc(-c2cc[n+](C)c(-c3cc4c(cc3C)Cc3ccccc3-4)c2)n1. The number of hydrogen-bond acceptors (Lipinski definition) is 3. The minimum absolute atomic E-state index is 0.723. The van der Waals surface area contributed by atoms with Crippen LogP contribution in [0.25, 0.3) is 33.8 Å². The second-order valence-electron chi connectivity index (χ2n) is 7.82. The van der Waals surface area contributed by atoms with Gasteiger partial charge in [0.1, 0.15) is 18.7 Å². The number of aromatic nitrogens is 4. The second kappa shape index (κ2) is 6.59. The maximum absolute atomic E-state index is 4.55. The molecule has 4 heteroatoms. The van der Waals surface area contributed by atoms with Crippen molar-refractivity contribution in [1.82, 2.24) is 15.0 Å².